The lowest BCUT2D eigenvalue weighted by molar-refractivity contribution is 0.519. The van der Waals surface area contributed by atoms with Gasteiger partial charge in [-0.3, -0.25) is 0 Å². The van der Waals surface area contributed by atoms with Crippen LogP contribution in [0, 0.1) is 0 Å². The molecule has 0 saturated heterocycles. The third kappa shape index (κ3) is 3.57. The van der Waals surface area contributed by atoms with Gasteiger partial charge in [-0.1, -0.05) is 72.1 Å². The van der Waals surface area contributed by atoms with Gasteiger partial charge in [0.2, 0.25) is 0 Å². The van der Waals surface area contributed by atoms with Gasteiger partial charge in [-0.15, -0.1) is 0 Å². The first kappa shape index (κ1) is 21.6. The number of hydrogen-bond donors (Lipinski definition) is 0. The highest BCUT2D eigenvalue weighted by Gasteiger charge is 2.55. The smallest absolute Gasteiger partial charge is 0.0795 e. The van der Waals surface area contributed by atoms with E-state index in [0.717, 1.165) is 0 Å². The molecule has 2 unspecified atom stereocenters. The summed E-state index contributed by atoms with van der Waals surface area (Å²) in [6.07, 6.45) is 5.39. The highest BCUT2D eigenvalue weighted by atomic mass is 32.2. The predicted molar refractivity (Wildman–Crippen MR) is 148 cm³/mol. The number of fused-ring (bicyclic) bond motifs is 4. The lowest BCUT2D eigenvalue weighted by Crippen LogP contribution is -2.43. The molecule has 4 heteroatoms. The molecule has 168 valence electrons. The van der Waals surface area contributed by atoms with Crippen molar-refractivity contribution >= 4 is 45.3 Å². The Bertz CT molecular complexity index is 1170. The molecule has 0 aromatic heterocycles. The maximum atomic E-state index is 2.43. The molecule has 4 aromatic carbocycles. The Morgan fingerprint density at radius 3 is 1.06 bits per heavy atom. The van der Waals surface area contributed by atoms with Crippen molar-refractivity contribution in [3.63, 3.8) is 0 Å². The monoisotopic (exact) mass is 514 g/mol. The average molecular weight is 515 g/mol. The first-order valence-corrected chi connectivity index (χ1v) is 16.3. The zero-order chi connectivity index (χ0) is 22.5. The van der Waals surface area contributed by atoms with Crippen LogP contribution in [-0.2, 0) is 21.8 Å². The molecule has 0 nitrogen and oxygen atoms in total. The minimum Gasteiger partial charge on any atom is -0.0795 e. The Morgan fingerprint density at radius 1 is 0.441 bits per heavy atom. The van der Waals surface area contributed by atoms with Crippen LogP contribution in [0.1, 0.15) is 25.7 Å². The van der Waals surface area contributed by atoms with Crippen molar-refractivity contribution in [3.8, 4) is 0 Å². The lowest BCUT2D eigenvalue weighted by Gasteiger charge is -2.34. The van der Waals surface area contributed by atoms with Crippen LogP contribution in [0.25, 0.3) is 0 Å². The fraction of sp³-hybridized carbons (Fsp3) is 0.200. The minimum atomic E-state index is 0.113. The van der Waals surface area contributed by atoms with Crippen molar-refractivity contribution in [1.82, 2.24) is 0 Å². The van der Waals surface area contributed by atoms with Crippen LogP contribution in [0.15, 0.2) is 136 Å². The summed E-state index contributed by atoms with van der Waals surface area (Å²) in [5.74, 6) is 0. The summed E-state index contributed by atoms with van der Waals surface area (Å²) < 4.78 is 0. The van der Waals surface area contributed by atoms with Gasteiger partial charge in [0.25, 0.3) is 0 Å². The molecule has 34 heavy (non-hydrogen) atoms. The Labute approximate surface area is 216 Å². The summed E-state index contributed by atoms with van der Waals surface area (Å²) in [5, 5.41) is 1.37. The molecular formula is C30H26S4+2. The van der Waals surface area contributed by atoms with E-state index < -0.39 is 0 Å². The predicted octanol–water partition coefficient (Wildman–Crippen LogP) is 8.70. The zero-order valence-electron chi connectivity index (χ0n) is 18.9. The van der Waals surface area contributed by atoms with Gasteiger partial charge in [0.15, 0.2) is 30.1 Å². The van der Waals surface area contributed by atoms with E-state index in [9.17, 15) is 0 Å². The molecule has 2 heterocycles. The van der Waals surface area contributed by atoms with Crippen molar-refractivity contribution < 1.29 is 0 Å². The average Bonchev–Trinajstić information content (AvgIpc) is 2.90. The van der Waals surface area contributed by atoms with Crippen LogP contribution in [0.2, 0.25) is 0 Å². The molecule has 0 amide bonds. The van der Waals surface area contributed by atoms with Gasteiger partial charge in [-0.05, 0) is 61.4 Å². The van der Waals surface area contributed by atoms with Crippen LogP contribution >= 0.6 is 23.5 Å². The van der Waals surface area contributed by atoms with Crippen molar-refractivity contribution in [3.05, 3.63) is 97.1 Å². The van der Waals surface area contributed by atoms with E-state index in [-0.39, 0.29) is 21.8 Å². The number of rotatable bonds is 2. The molecule has 1 aliphatic carbocycles. The molecule has 7 rings (SSSR count). The fourth-order valence-electron chi connectivity index (χ4n) is 5.59. The van der Waals surface area contributed by atoms with Crippen molar-refractivity contribution in [2.45, 2.75) is 75.3 Å². The van der Waals surface area contributed by atoms with E-state index in [2.05, 4.69) is 97.1 Å². The second-order valence-corrected chi connectivity index (χ2v) is 15.5. The van der Waals surface area contributed by atoms with Gasteiger partial charge in [0.1, 0.15) is 0 Å². The van der Waals surface area contributed by atoms with E-state index in [4.69, 9.17) is 0 Å². The van der Waals surface area contributed by atoms with Crippen LogP contribution in [0.3, 0.4) is 0 Å². The molecule has 1 fully saturated rings. The van der Waals surface area contributed by atoms with Crippen molar-refractivity contribution in [1.29, 1.82) is 0 Å². The standard InChI is InChI=1S/C30H26S4/c1-5-15-25-21(11-1)31-22-12-2-6-16-26(22)33(25)29-19-9-10-20-30(29)34-27-17-7-3-13-23(27)32-24-14-4-8-18-28(24)34/h1-8,11-18,29-30H,9-10,19-20H2/q+2. The van der Waals surface area contributed by atoms with Crippen LogP contribution < -0.4 is 0 Å². The maximum absolute atomic E-state index is 2.43. The normalized spacial score (nSPS) is 21.8. The third-order valence-corrected chi connectivity index (χ3v) is 15.7. The third-order valence-electron chi connectivity index (χ3n) is 7.03. The zero-order valence-corrected chi connectivity index (χ0v) is 22.1. The maximum Gasteiger partial charge on any atom is 0.177 e. The summed E-state index contributed by atoms with van der Waals surface area (Å²) >= 11 is 3.94. The molecule has 1 saturated carbocycles. The van der Waals surface area contributed by atoms with Gasteiger partial charge >= 0.3 is 0 Å². The summed E-state index contributed by atoms with van der Waals surface area (Å²) in [5.41, 5.74) is 0. The van der Waals surface area contributed by atoms with Gasteiger partial charge in [0, 0.05) is 12.8 Å². The van der Waals surface area contributed by atoms with Gasteiger partial charge in [0.05, 0.1) is 41.4 Å². The van der Waals surface area contributed by atoms with Gasteiger partial charge in [-0.2, -0.15) is 0 Å². The quantitative estimate of drug-likeness (QED) is 0.245. The molecule has 2 aliphatic heterocycles. The van der Waals surface area contributed by atoms with E-state index >= 15 is 0 Å². The summed E-state index contributed by atoms with van der Waals surface area (Å²) in [7, 11) is 0.226. The first-order chi connectivity index (χ1) is 16.9. The SMILES string of the molecule is c1ccc2c(c1)Sc1ccccc1[S+]2C1CCCCC1[S+]1c2ccccc2Sc2ccccc21. The first-order valence-electron chi connectivity index (χ1n) is 12.1. The van der Waals surface area contributed by atoms with Crippen molar-refractivity contribution in [2.75, 3.05) is 0 Å². The lowest BCUT2D eigenvalue weighted by atomic mass is 10.00. The molecule has 0 radical (unpaired) electrons. The Kier molecular flexibility index (Phi) is 5.74. The van der Waals surface area contributed by atoms with Crippen LogP contribution in [0.4, 0.5) is 0 Å². The Balaban J connectivity index is 1.40. The van der Waals surface area contributed by atoms with E-state index in [1.54, 1.807) is 19.6 Å². The Hall–Kier alpha value is -1.72. The van der Waals surface area contributed by atoms with Crippen LogP contribution in [-0.4, -0.2) is 10.5 Å². The fourth-order valence-corrected chi connectivity index (χ4v) is 15.1. The topological polar surface area (TPSA) is 0 Å². The summed E-state index contributed by atoms with van der Waals surface area (Å²) in [6.45, 7) is 0. The van der Waals surface area contributed by atoms with E-state index in [0.29, 0.717) is 10.5 Å². The summed E-state index contributed by atoms with van der Waals surface area (Å²) in [4.78, 5) is 12.2. The minimum absolute atomic E-state index is 0.113. The highest BCUT2D eigenvalue weighted by Crippen LogP contribution is 2.54. The molecular weight excluding hydrogens is 489 g/mol. The molecule has 0 bridgehead atoms. The second-order valence-electron chi connectivity index (χ2n) is 9.03. The Morgan fingerprint density at radius 2 is 0.735 bits per heavy atom. The van der Waals surface area contributed by atoms with Crippen LogP contribution in [0.5, 0.6) is 0 Å². The number of benzene rings is 4. The van der Waals surface area contributed by atoms with Gasteiger partial charge in [-0.25, -0.2) is 0 Å². The molecule has 2 atom stereocenters. The van der Waals surface area contributed by atoms with Gasteiger partial charge < -0.3 is 0 Å². The molecule has 3 aliphatic rings. The largest absolute Gasteiger partial charge is 0.177 e. The number of hydrogen-bond acceptors (Lipinski definition) is 2. The highest BCUT2D eigenvalue weighted by molar-refractivity contribution is 8.06. The molecule has 0 N–H and O–H groups in total. The van der Waals surface area contributed by atoms with E-state index in [1.165, 1.54) is 45.3 Å². The van der Waals surface area contributed by atoms with E-state index in [1.807, 2.05) is 23.5 Å². The molecule has 0 spiro atoms. The second kappa shape index (κ2) is 9.05. The van der Waals surface area contributed by atoms with Crippen molar-refractivity contribution in [2.24, 2.45) is 0 Å². The molecule has 4 aromatic rings. The summed E-state index contributed by atoms with van der Waals surface area (Å²) in [6, 6.07) is 37.0.